The highest BCUT2D eigenvalue weighted by Gasteiger charge is 2.01. The number of carbonyl (C=O) groups excluding carboxylic acids is 1. The molecule has 0 aliphatic rings. The van der Waals surface area contributed by atoms with Gasteiger partial charge in [0.15, 0.2) is 0 Å². The van der Waals surface area contributed by atoms with E-state index in [2.05, 4.69) is 5.32 Å². The van der Waals surface area contributed by atoms with E-state index in [4.69, 9.17) is 9.47 Å². The molecule has 1 amide bonds. The first-order chi connectivity index (χ1) is 12.6. The fourth-order valence-electron chi connectivity index (χ4n) is 2.16. The molecule has 0 saturated carbocycles. The lowest BCUT2D eigenvalue weighted by Crippen LogP contribution is -2.22. The molecular weight excluding hydrogens is 353 g/mol. The first-order valence-electron chi connectivity index (χ1n) is 8.18. The van der Waals surface area contributed by atoms with Gasteiger partial charge in [-0.25, -0.2) is 4.39 Å². The van der Waals surface area contributed by atoms with E-state index in [-0.39, 0.29) is 11.7 Å². The number of amides is 1. The van der Waals surface area contributed by atoms with E-state index in [9.17, 15) is 9.18 Å². The van der Waals surface area contributed by atoms with E-state index >= 15 is 0 Å². The molecule has 2 rings (SSSR count). The molecule has 6 heteroatoms. The van der Waals surface area contributed by atoms with Crippen molar-refractivity contribution in [3.8, 4) is 11.5 Å². The lowest BCUT2D eigenvalue weighted by molar-refractivity contribution is -0.116. The third-order valence-electron chi connectivity index (χ3n) is 3.50. The van der Waals surface area contributed by atoms with Crippen molar-refractivity contribution in [1.29, 1.82) is 0 Å². The summed E-state index contributed by atoms with van der Waals surface area (Å²) < 4.78 is 23.2. The number of hydrogen-bond acceptors (Lipinski definition) is 4. The monoisotopic (exact) mass is 375 g/mol. The van der Waals surface area contributed by atoms with Gasteiger partial charge in [0.05, 0.1) is 14.2 Å². The number of thioether (sulfide) groups is 1. The van der Waals surface area contributed by atoms with Crippen molar-refractivity contribution >= 4 is 23.7 Å². The van der Waals surface area contributed by atoms with E-state index in [0.717, 1.165) is 22.6 Å². The minimum atomic E-state index is -0.234. The zero-order chi connectivity index (χ0) is 18.8. The van der Waals surface area contributed by atoms with Gasteiger partial charge in [-0.15, -0.1) is 11.8 Å². The maximum Gasteiger partial charge on any atom is 0.243 e. The maximum absolute atomic E-state index is 12.8. The predicted octanol–water partition coefficient (Wildman–Crippen LogP) is 4.15. The minimum absolute atomic E-state index is 0.154. The van der Waals surface area contributed by atoms with Gasteiger partial charge in [-0.05, 0) is 60.2 Å². The van der Waals surface area contributed by atoms with Crippen LogP contribution in [0.2, 0.25) is 0 Å². The molecule has 0 aromatic heterocycles. The van der Waals surface area contributed by atoms with Gasteiger partial charge < -0.3 is 14.8 Å². The number of hydrogen-bond donors (Lipinski definition) is 1. The molecule has 1 N–H and O–H groups in total. The Labute approximate surface area is 157 Å². The van der Waals surface area contributed by atoms with Gasteiger partial charge >= 0.3 is 0 Å². The van der Waals surface area contributed by atoms with Crippen molar-refractivity contribution in [2.45, 2.75) is 11.3 Å². The Morgan fingerprint density at radius 1 is 1.12 bits per heavy atom. The van der Waals surface area contributed by atoms with E-state index < -0.39 is 0 Å². The SMILES string of the molecule is COc1cc(/C=C/C(=O)NCCCSc2ccc(F)cc2)cc(OC)c1. The summed E-state index contributed by atoms with van der Waals surface area (Å²) in [5.74, 6) is 1.80. The fourth-order valence-corrected chi connectivity index (χ4v) is 3.01. The molecule has 0 aliphatic carbocycles. The smallest absolute Gasteiger partial charge is 0.243 e. The van der Waals surface area contributed by atoms with Gasteiger partial charge in [-0.3, -0.25) is 4.79 Å². The molecule has 138 valence electrons. The van der Waals surface area contributed by atoms with Gasteiger partial charge in [-0.1, -0.05) is 0 Å². The molecular formula is C20H22FNO3S. The second-order valence-corrected chi connectivity index (χ2v) is 6.59. The fraction of sp³-hybridized carbons (Fsp3) is 0.250. The lowest BCUT2D eigenvalue weighted by atomic mass is 10.2. The molecule has 0 saturated heterocycles. The lowest BCUT2D eigenvalue weighted by Gasteiger charge is -2.06. The van der Waals surface area contributed by atoms with Crippen LogP contribution < -0.4 is 14.8 Å². The van der Waals surface area contributed by atoms with Crippen LogP contribution in [-0.4, -0.2) is 32.4 Å². The highest BCUT2D eigenvalue weighted by atomic mass is 32.2. The van der Waals surface area contributed by atoms with Crippen LogP contribution in [0.15, 0.2) is 53.4 Å². The van der Waals surface area contributed by atoms with Gasteiger partial charge in [0, 0.05) is 23.6 Å². The summed E-state index contributed by atoms with van der Waals surface area (Å²) in [4.78, 5) is 12.9. The number of ether oxygens (including phenoxy) is 2. The van der Waals surface area contributed by atoms with Crippen LogP contribution in [0.1, 0.15) is 12.0 Å². The maximum atomic E-state index is 12.8. The zero-order valence-corrected chi connectivity index (χ0v) is 15.6. The minimum Gasteiger partial charge on any atom is -0.497 e. The first-order valence-corrected chi connectivity index (χ1v) is 9.16. The molecule has 0 aliphatic heterocycles. The summed E-state index contributed by atoms with van der Waals surface area (Å²) in [6.07, 6.45) is 4.03. The highest BCUT2D eigenvalue weighted by Crippen LogP contribution is 2.23. The van der Waals surface area contributed by atoms with E-state index in [1.807, 2.05) is 12.1 Å². The summed E-state index contributed by atoms with van der Waals surface area (Å²) >= 11 is 1.64. The molecule has 0 bridgehead atoms. The summed E-state index contributed by atoms with van der Waals surface area (Å²) in [6.45, 7) is 0.582. The third kappa shape index (κ3) is 6.80. The van der Waals surface area contributed by atoms with Crippen molar-refractivity contribution in [2.24, 2.45) is 0 Å². The van der Waals surface area contributed by atoms with Crippen molar-refractivity contribution in [3.05, 3.63) is 59.9 Å². The standard InChI is InChI=1S/C20H22FNO3S/c1-24-17-12-15(13-18(14-17)25-2)4-9-20(23)22-10-3-11-26-19-7-5-16(21)6-8-19/h4-9,12-14H,3,10-11H2,1-2H3,(H,22,23)/b9-4+. The number of carbonyl (C=O) groups is 1. The van der Waals surface area contributed by atoms with E-state index in [0.29, 0.717) is 18.0 Å². The topological polar surface area (TPSA) is 47.6 Å². The molecule has 26 heavy (non-hydrogen) atoms. The number of methoxy groups -OCH3 is 2. The summed E-state index contributed by atoms with van der Waals surface area (Å²) in [7, 11) is 3.16. The van der Waals surface area contributed by atoms with Crippen molar-refractivity contribution in [3.63, 3.8) is 0 Å². The molecule has 0 heterocycles. The van der Waals surface area contributed by atoms with Crippen LogP contribution in [0.3, 0.4) is 0 Å². The Kier molecular flexibility index (Phi) is 8.02. The number of nitrogens with one attached hydrogen (secondary N) is 1. The largest absolute Gasteiger partial charge is 0.497 e. The van der Waals surface area contributed by atoms with Crippen LogP contribution in [0.5, 0.6) is 11.5 Å². The zero-order valence-electron chi connectivity index (χ0n) is 14.8. The number of rotatable bonds is 9. The van der Waals surface area contributed by atoms with Crippen LogP contribution >= 0.6 is 11.8 Å². The molecule has 0 atom stereocenters. The average Bonchev–Trinajstić information content (AvgIpc) is 2.67. The second kappa shape index (κ2) is 10.5. The normalized spacial score (nSPS) is 10.7. The van der Waals surface area contributed by atoms with Gasteiger partial charge in [0.1, 0.15) is 17.3 Å². The van der Waals surface area contributed by atoms with Crippen LogP contribution in [0.25, 0.3) is 6.08 Å². The molecule has 2 aromatic rings. The highest BCUT2D eigenvalue weighted by molar-refractivity contribution is 7.99. The number of halogens is 1. The second-order valence-electron chi connectivity index (χ2n) is 5.43. The van der Waals surface area contributed by atoms with Gasteiger partial charge in [0.2, 0.25) is 5.91 Å². The molecule has 0 fully saturated rings. The Morgan fingerprint density at radius 3 is 2.38 bits per heavy atom. The van der Waals surface area contributed by atoms with Crippen molar-refractivity contribution in [2.75, 3.05) is 26.5 Å². The van der Waals surface area contributed by atoms with Crippen molar-refractivity contribution < 1.29 is 18.7 Å². The van der Waals surface area contributed by atoms with Gasteiger partial charge in [0.25, 0.3) is 0 Å². The van der Waals surface area contributed by atoms with Crippen LogP contribution in [-0.2, 0) is 4.79 Å². The van der Waals surface area contributed by atoms with Crippen LogP contribution in [0.4, 0.5) is 4.39 Å². The average molecular weight is 375 g/mol. The molecule has 0 unspecified atom stereocenters. The van der Waals surface area contributed by atoms with Crippen molar-refractivity contribution in [1.82, 2.24) is 5.32 Å². The Bertz CT molecular complexity index is 725. The third-order valence-corrected chi connectivity index (χ3v) is 4.60. The predicted molar refractivity (Wildman–Crippen MR) is 103 cm³/mol. The molecule has 0 radical (unpaired) electrons. The molecule has 0 spiro atoms. The van der Waals surface area contributed by atoms with E-state index in [1.165, 1.54) is 18.2 Å². The molecule has 4 nitrogen and oxygen atoms in total. The summed E-state index contributed by atoms with van der Waals surface area (Å²) in [5, 5.41) is 2.84. The Balaban J connectivity index is 1.73. The first kappa shape index (κ1) is 19.8. The van der Waals surface area contributed by atoms with E-state index in [1.54, 1.807) is 50.3 Å². The Hall–Kier alpha value is -2.47. The summed E-state index contributed by atoms with van der Waals surface area (Å²) in [6, 6.07) is 11.8. The Morgan fingerprint density at radius 2 is 1.77 bits per heavy atom. The van der Waals surface area contributed by atoms with Gasteiger partial charge in [-0.2, -0.15) is 0 Å². The quantitative estimate of drug-likeness (QED) is 0.406. The summed E-state index contributed by atoms with van der Waals surface area (Å²) in [5.41, 5.74) is 0.822. The number of benzene rings is 2. The van der Waals surface area contributed by atoms with Crippen LogP contribution in [0, 0.1) is 5.82 Å². The molecule has 2 aromatic carbocycles.